The summed E-state index contributed by atoms with van der Waals surface area (Å²) in [5.41, 5.74) is 2.92. The maximum absolute atomic E-state index is 10.3. The summed E-state index contributed by atoms with van der Waals surface area (Å²) in [4.78, 5) is 10.3. The highest BCUT2D eigenvalue weighted by molar-refractivity contribution is 5.49. The van der Waals surface area contributed by atoms with Gasteiger partial charge in [-0.05, 0) is 29.5 Å². The smallest absolute Gasteiger partial charge is 0.143 e. The summed E-state index contributed by atoms with van der Waals surface area (Å²) < 4.78 is 6.88. The highest BCUT2D eigenvalue weighted by Gasteiger charge is 2.37. The van der Waals surface area contributed by atoms with E-state index in [9.17, 15) is 4.79 Å². The molecule has 0 aliphatic heterocycles. The van der Waals surface area contributed by atoms with E-state index in [1.54, 1.807) is 0 Å². The van der Waals surface area contributed by atoms with Gasteiger partial charge >= 0.3 is 0 Å². The van der Waals surface area contributed by atoms with Crippen LogP contribution in [-0.2, 0) is 15.1 Å². The standard InChI is InChI=1S/C35H46O2/c36-30-22-11-9-7-5-3-1-2-4-6-8-10-12-23-31-37-35(32-24-16-13-17-25-32,33-26-18-14-19-27-33)34-28-20-15-21-29-34/h13-21,24-30H,1-12,22-23,31H2. The lowest BCUT2D eigenvalue weighted by atomic mass is 9.80. The average Bonchev–Trinajstić information content (AvgIpc) is 2.96. The van der Waals surface area contributed by atoms with Crippen molar-refractivity contribution >= 4 is 6.29 Å². The highest BCUT2D eigenvalue weighted by Crippen LogP contribution is 2.40. The molecule has 0 heterocycles. The molecule has 198 valence electrons. The van der Waals surface area contributed by atoms with Crippen LogP contribution in [0.25, 0.3) is 0 Å². The Bertz CT molecular complexity index is 856. The van der Waals surface area contributed by atoms with E-state index in [0.29, 0.717) is 0 Å². The lowest BCUT2D eigenvalue weighted by Crippen LogP contribution is -2.33. The van der Waals surface area contributed by atoms with Crippen LogP contribution in [0.1, 0.15) is 107 Å². The number of benzene rings is 3. The van der Waals surface area contributed by atoms with Crippen molar-refractivity contribution in [1.29, 1.82) is 0 Å². The van der Waals surface area contributed by atoms with Gasteiger partial charge in [-0.1, -0.05) is 162 Å². The number of unbranched alkanes of at least 4 members (excludes halogenated alkanes) is 13. The van der Waals surface area contributed by atoms with Gasteiger partial charge in [-0.25, -0.2) is 0 Å². The molecule has 2 heteroatoms. The van der Waals surface area contributed by atoms with Crippen LogP contribution in [0.4, 0.5) is 0 Å². The predicted octanol–water partition coefficient (Wildman–Crippen LogP) is 9.66. The van der Waals surface area contributed by atoms with Crippen molar-refractivity contribution in [3.05, 3.63) is 108 Å². The van der Waals surface area contributed by atoms with Gasteiger partial charge in [-0.2, -0.15) is 0 Å². The van der Waals surface area contributed by atoms with Crippen molar-refractivity contribution in [3.8, 4) is 0 Å². The maximum atomic E-state index is 10.3. The van der Waals surface area contributed by atoms with E-state index in [1.807, 2.05) is 0 Å². The van der Waals surface area contributed by atoms with Crippen LogP contribution in [0.15, 0.2) is 91.0 Å². The van der Waals surface area contributed by atoms with Crippen LogP contribution in [0.3, 0.4) is 0 Å². The van der Waals surface area contributed by atoms with E-state index < -0.39 is 5.60 Å². The van der Waals surface area contributed by atoms with E-state index >= 15 is 0 Å². The lowest BCUT2D eigenvalue weighted by Gasteiger charge is -2.36. The summed E-state index contributed by atoms with van der Waals surface area (Å²) in [5.74, 6) is 0. The molecule has 0 amide bonds. The minimum Gasteiger partial charge on any atom is -0.361 e. The molecule has 0 saturated carbocycles. The van der Waals surface area contributed by atoms with Gasteiger partial charge in [0.1, 0.15) is 11.9 Å². The van der Waals surface area contributed by atoms with Crippen molar-refractivity contribution in [2.45, 2.75) is 95.5 Å². The molecule has 3 rings (SSSR count). The van der Waals surface area contributed by atoms with E-state index in [-0.39, 0.29) is 0 Å². The number of hydrogen-bond donors (Lipinski definition) is 0. The van der Waals surface area contributed by atoms with Crippen molar-refractivity contribution in [2.75, 3.05) is 6.61 Å². The first-order chi connectivity index (χ1) is 18.4. The number of aldehydes is 1. The van der Waals surface area contributed by atoms with Gasteiger partial charge in [-0.3, -0.25) is 0 Å². The molecule has 0 aromatic heterocycles. The zero-order valence-corrected chi connectivity index (χ0v) is 22.7. The van der Waals surface area contributed by atoms with E-state index in [2.05, 4.69) is 91.0 Å². The fourth-order valence-corrected chi connectivity index (χ4v) is 5.27. The molecule has 3 aromatic carbocycles. The van der Waals surface area contributed by atoms with Gasteiger partial charge in [0.05, 0.1) is 0 Å². The average molecular weight is 499 g/mol. The zero-order valence-electron chi connectivity index (χ0n) is 22.7. The fourth-order valence-electron chi connectivity index (χ4n) is 5.27. The molecule has 2 nitrogen and oxygen atoms in total. The minimum atomic E-state index is -0.599. The lowest BCUT2D eigenvalue weighted by molar-refractivity contribution is -0.107. The highest BCUT2D eigenvalue weighted by atomic mass is 16.5. The second-order valence-electron chi connectivity index (χ2n) is 10.2. The van der Waals surface area contributed by atoms with Crippen LogP contribution in [0.2, 0.25) is 0 Å². The van der Waals surface area contributed by atoms with Crippen LogP contribution in [0.5, 0.6) is 0 Å². The molecule has 0 fully saturated rings. The van der Waals surface area contributed by atoms with Gasteiger partial charge in [0.25, 0.3) is 0 Å². The molecule has 0 aliphatic carbocycles. The van der Waals surface area contributed by atoms with Crippen molar-refractivity contribution in [2.24, 2.45) is 0 Å². The molecule has 0 radical (unpaired) electrons. The third-order valence-corrected chi connectivity index (χ3v) is 7.33. The van der Waals surface area contributed by atoms with Gasteiger partial charge < -0.3 is 9.53 Å². The normalized spacial score (nSPS) is 11.5. The van der Waals surface area contributed by atoms with Crippen LogP contribution in [0, 0.1) is 0 Å². The quantitative estimate of drug-likeness (QED) is 0.0880. The molecular weight excluding hydrogens is 452 g/mol. The predicted molar refractivity (Wildman–Crippen MR) is 156 cm³/mol. The first-order valence-corrected chi connectivity index (χ1v) is 14.6. The topological polar surface area (TPSA) is 26.3 Å². The van der Waals surface area contributed by atoms with Crippen LogP contribution in [-0.4, -0.2) is 12.9 Å². The Morgan fingerprint density at radius 2 is 0.784 bits per heavy atom. The van der Waals surface area contributed by atoms with Gasteiger partial charge in [0.2, 0.25) is 0 Å². The van der Waals surface area contributed by atoms with Gasteiger partial charge in [0, 0.05) is 13.0 Å². The number of carbonyl (C=O) groups is 1. The maximum Gasteiger partial charge on any atom is 0.143 e. The number of ether oxygens (including phenoxy) is 1. The van der Waals surface area contributed by atoms with E-state index in [4.69, 9.17) is 4.74 Å². The second kappa shape index (κ2) is 17.7. The number of rotatable bonds is 20. The summed E-state index contributed by atoms with van der Waals surface area (Å²) in [5, 5.41) is 0. The summed E-state index contributed by atoms with van der Waals surface area (Å²) in [6.45, 7) is 0.742. The Labute approximate surface area is 225 Å². The molecule has 0 bridgehead atoms. The second-order valence-corrected chi connectivity index (χ2v) is 10.2. The third-order valence-electron chi connectivity index (χ3n) is 7.33. The molecule has 3 aromatic rings. The summed E-state index contributed by atoms with van der Waals surface area (Å²) in [6.07, 6.45) is 18.4. The number of hydrogen-bond acceptors (Lipinski definition) is 2. The molecule has 0 atom stereocenters. The van der Waals surface area contributed by atoms with Crippen molar-refractivity contribution in [1.82, 2.24) is 0 Å². The zero-order chi connectivity index (χ0) is 25.9. The molecular formula is C35H46O2. The van der Waals surface area contributed by atoms with Crippen LogP contribution >= 0.6 is 0 Å². The molecule has 0 aliphatic rings. The first kappa shape index (κ1) is 28.9. The summed E-state index contributed by atoms with van der Waals surface area (Å²) in [6, 6.07) is 32.0. The number of carbonyl (C=O) groups excluding carboxylic acids is 1. The SMILES string of the molecule is O=CCCCCCCCCCCCCCCCOC(c1ccccc1)(c1ccccc1)c1ccccc1. The van der Waals surface area contributed by atoms with Crippen molar-refractivity contribution in [3.63, 3.8) is 0 Å². The minimum absolute atomic E-state index is 0.599. The Balaban J connectivity index is 1.41. The van der Waals surface area contributed by atoms with Gasteiger partial charge in [-0.15, -0.1) is 0 Å². The first-order valence-electron chi connectivity index (χ1n) is 14.6. The Hall–Kier alpha value is -2.71. The largest absolute Gasteiger partial charge is 0.361 e. The van der Waals surface area contributed by atoms with E-state index in [0.717, 1.165) is 32.2 Å². The molecule has 0 spiro atoms. The molecule has 0 N–H and O–H groups in total. The molecule has 0 unspecified atom stereocenters. The van der Waals surface area contributed by atoms with Gasteiger partial charge in [0.15, 0.2) is 0 Å². The van der Waals surface area contributed by atoms with Crippen molar-refractivity contribution < 1.29 is 9.53 Å². The monoisotopic (exact) mass is 498 g/mol. The molecule has 37 heavy (non-hydrogen) atoms. The fraction of sp³-hybridized carbons (Fsp3) is 0.457. The Morgan fingerprint density at radius 1 is 0.459 bits per heavy atom. The third kappa shape index (κ3) is 9.59. The van der Waals surface area contributed by atoms with Crippen LogP contribution < -0.4 is 0 Å². The van der Waals surface area contributed by atoms with E-state index in [1.165, 1.54) is 87.3 Å². The summed E-state index contributed by atoms with van der Waals surface area (Å²) >= 11 is 0. The Kier molecular flexibility index (Phi) is 13.8. The Morgan fingerprint density at radius 3 is 1.14 bits per heavy atom. The summed E-state index contributed by atoms with van der Waals surface area (Å²) in [7, 11) is 0. The molecule has 0 saturated heterocycles.